The van der Waals surface area contributed by atoms with Gasteiger partial charge < -0.3 is 4.90 Å². The van der Waals surface area contributed by atoms with E-state index >= 15 is 0 Å². The number of amides is 1. The molecule has 0 atom stereocenters. The number of carbonyl (C=O) groups is 1. The van der Waals surface area contributed by atoms with Crippen LogP contribution in [0.2, 0.25) is 0 Å². The van der Waals surface area contributed by atoms with Crippen LogP contribution in [0.15, 0.2) is 0 Å². The van der Waals surface area contributed by atoms with Crippen LogP contribution >= 0.6 is 0 Å². The lowest BCUT2D eigenvalue weighted by atomic mass is 9.81. The molecule has 0 bridgehead atoms. The largest absolute Gasteiger partial charge is 0.327 e. The second-order valence-corrected chi connectivity index (χ2v) is 3.78. The van der Waals surface area contributed by atoms with Crippen molar-refractivity contribution in [2.24, 2.45) is 0 Å². The van der Waals surface area contributed by atoms with Crippen LogP contribution in [-0.4, -0.2) is 23.4 Å². The number of rotatable bonds is 1. The highest BCUT2D eigenvalue weighted by Gasteiger charge is 2.37. The van der Waals surface area contributed by atoms with E-state index in [1.807, 2.05) is 0 Å². The number of nitriles is 1. The highest BCUT2D eigenvalue weighted by atomic mass is 16.2. The Kier molecular flexibility index (Phi) is 2.92. The van der Waals surface area contributed by atoms with E-state index in [0.717, 1.165) is 25.7 Å². The van der Waals surface area contributed by atoms with Gasteiger partial charge in [0.2, 0.25) is 5.91 Å². The molecule has 0 unspecified atom stereocenters. The van der Waals surface area contributed by atoms with Gasteiger partial charge in [-0.1, -0.05) is 19.3 Å². The van der Waals surface area contributed by atoms with E-state index in [9.17, 15) is 4.79 Å². The summed E-state index contributed by atoms with van der Waals surface area (Å²) in [6.07, 6.45) is 4.98. The van der Waals surface area contributed by atoms with E-state index in [0.29, 0.717) is 0 Å². The lowest BCUT2D eigenvalue weighted by Crippen LogP contribution is -2.48. The summed E-state index contributed by atoms with van der Waals surface area (Å²) >= 11 is 0. The Hall–Kier alpha value is -1.04. The van der Waals surface area contributed by atoms with Crippen LogP contribution in [0.4, 0.5) is 0 Å². The Bertz CT molecular complexity index is 236. The summed E-state index contributed by atoms with van der Waals surface area (Å²) in [7, 11) is 1.73. The highest BCUT2D eigenvalue weighted by molar-refractivity contribution is 5.74. The molecule has 0 spiro atoms. The Balaban J connectivity index is 2.80. The molecule has 0 aromatic heterocycles. The molecule has 3 nitrogen and oxygen atoms in total. The first-order chi connectivity index (χ1) is 6.12. The summed E-state index contributed by atoms with van der Waals surface area (Å²) in [6.45, 7) is 1.52. The minimum absolute atomic E-state index is 0.0107. The third kappa shape index (κ3) is 1.82. The van der Waals surface area contributed by atoms with Gasteiger partial charge in [-0.25, -0.2) is 0 Å². The molecule has 13 heavy (non-hydrogen) atoms. The molecular formula is C10H16N2O. The van der Waals surface area contributed by atoms with Crippen LogP contribution in [0.3, 0.4) is 0 Å². The SMILES string of the molecule is CC(=O)N(C)C1(C#N)CCCCC1. The number of carbonyl (C=O) groups excluding carboxylic acids is 1. The minimum atomic E-state index is -0.510. The Morgan fingerprint density at radius 1 is 1.38 bits per heavy atom. The second kappa shape index (κ2) is 3.78. The number of nitrogens with zero attached hydrogens (tertiary/aromatic N) is 2. The normalized spacial score (nSPS) is 20.4. The van der Waals surface area contributed by atoms with E-state index < -0.39 is 5.54 Å². The Morgan fingerprint density at radius 2 is 1.92 bits per heavy atom. The molecule has 0 saturated heterocycles. The van der Waals surface area contributed by atoms with E-state index in [4.69, 9.17) is 5.26 Å². The maximum atomic E-state index is 11.2. The summed E-state index contributed by atoms with van der Waals surface area (Å²) in [5.74, 6) is -0.0107. The molecule has 1 fully saturated rings. The molecule has 1 amide bonds. The van der Waals surface area contributed by atoms with E-state index in [1.165, 1.54) is 13.3 Å². The number of hydrogen-bond acceptors (Lipinski definition) is 2. The average molecular weight is 180 g/mol. The van der Waals surface area contributed by atoms with Crippen molar-refractivity contribution in [3.63, 3.8) is 0 Å². The third-order valence-electron chi connectivity index (χ3n) is 3.00. The predicted molar refractivity (Wildman–Crippen MR) is 49.9 cm³/mol. The molecule has 72 valence electrons. The topological polar surface area (TPSA) is 44.1 Å². The van der Waals surface area contributed by atoms with E-state index in [2.05, 4.69) is 6.07 Å². The summed E-state index contributed by atoms with van der Waals surface area (Å²) < 4.78 is 0. The first-order valence-electron chi connectivity index (χ1n) is 4.78. The van der Waals surface area contributed by atoms with Gasteiger partial charge in [-0.15, -0.1) is 0 Å². The van der Waals surface area contributed by atoms with Crippen LogP contribution in [0.1, 0.15) is 39.0 Å². The Labute approximate surface area is 79.3 Å². The van der Waals surface area contributed by atoms with Crippen LogP contribution in [0.5, 0.6) is 0 Å². The fourth-order valence-electron chi connectivity index (χ4n) is 1.96. The van der Waals surface area contributed by atoms with Gasteiger partial charge in [0.15, 0.2) is 0 Å². The molecule has 1 saturated carbocycles. The van der Waals surface area contributed by atoms with Gasteiger partial charge in [0, 0.05) is 14.0 Å². The van der Waals surface area contributed by atoms with Gasteiger partial charge in [-0.3, -0.25) is 4.79 Å². The van der Waals surface area contributed by atoms with Crippen molar-refractivity contribution >= 4 is 5.91 Å². The van der Waals surface area contributed by atoms with Crippen molar-refractivity contribution in [2.75, 3.05) is 7.05 Å². The monoisotopic (exact) mass is 180 g/mol. The third-order valence-corrected chi connectivity index (χ3v) is 3.00. The van der Waals surface area contributed by atoms with Gasteiger partial charge in [0.25, 0.3) is 0 Å². The van der Waals surface area contributed by atoms with E-state index in [-0.39, 0.29) is 5.91 Å². The maximum Gasteiger partial charge on any atom is 0.220 e. The zero-order valence-corrected chi connectivity index (χ0v) is 8.34. The zero-order valence-electron chi connectivity index (χ0n) is 8.34. The van der Waals surface area contributed by atoms with Gasteiger partial charge in [-0.05, 0) is 12.8 Å². The molecule has 0 heterocycles. The van der Waals surface area contributed by atoms with Gasteiger partial charge >= 0.3 is 0 Å². The first-order valence-corrected chi connectivity index (χ1v) is 4.78. The molecular weight excluding hydrogens is 164 g/mol. The molecule has 0 aromatic carbocycles. The van der Waals surface area contributed by atoms with Crippen molar-refractivity contribution in [3.05, 3.63) is 0 Å². The van der Waals surface area contributed by atoms with Crippen LogP contribution in [-0.2, 0) is 4.79 Å². The fraction of sp³-hybridized carbons (Fsp3) is 0.800. The summed E-state index contributed by atoms with van der Waals surface area (Å²) in [6, 6.07) is 2.30. The smallest absolute Gasteiger partial charge is 0.220 e. The van der Waals surface area contributed by atoms with Crippen molar-refractivity contribution < 1.29 is 4.79 Å². The molecule has 1 aliphatic rings. The average Bonchev–Trinajstić information content (AvgIpc) is 2.17. The summed E-state index contributed by atoms with van der Waals surface area (Å²) in [4.78, 5) is 12.8. The van der Waals surface area contributed by atoms with Crippen molar-refractivity contribution in [1.29, 1.82) is 5.26 Å². The lowest BCUT2D eigenvalue weighted by molar-refractivity contribution is -0.132. The van der Waals surface area contributed by atoms with Gasteiger partial charge in [0.1, 0.15) is 5.54 Å². The van der Waals surface area contributed by atoms with Gasteiger partial charge in [0.05, 0.1) is 6.07 Å². The second-order valence-electron chi connectivity index (χ2n) is 3.78. The Morgan fingerprint density at radius 3 is 2.31 bits per heavy atom. The zero-order chi connectivity index (χ0) is 9.90. The molecule has 1 aliphatic carbocycles. The summed E-state index contributed by atoms with van der Waals surface area (Å²) in [5, 5.41) is 9.12. The predicted octanol–water partition coefficient (Wildman–Crippen LogP) is 1.69. The molecule has 0 aliphatic heterocycles. The van der Waals surface area contributed by atoms with Crippen molar-refractivity contribution in [1.82, 2.24) is 4.90 Å². The van der Waals surface area contributed by atoms with Crippen LogP contribution in [0, 0.1) is 11.3 Å². The van der Waals surface area contributed by atoms with Crippen molar-refractivity contribution in [2.45, 2.75) is 44.6 Å². The van der Waals surface area contributed by atoms with Gasteiger partial charge in [-0.2, -0.15) is 5.26 Å². The molecule has 3 heteroatoms. The quantitative estimate of drug-likeness (QED) is 0.616. The summed E-state index contributed by atoms with van der Waals surface area (Å²) in [5.41, 5.74) is -0.510. The number of hydrogen-bond donors (Lipinski definition) is 0. The minimum Gasteiger partial charge on any atom is -0.327 e. The molecule has 0 radical (unpaired) electrons. The molecule has 0 N–H and O–H groups in total. The molecule has 1 rings (SSSR count). The van der Waals surface area contributed by atoms with Crippen molar-refractivity contribution in [3.8, 4) is 6.07 Å². The first kappa shape index (κ1) is 10.0. The lowest BCUT2D eigenvalue weighted by Gasteiger charge is -2.38. The fourth-order valence-corrected chi connectivity index (χ4v) is 1.96. The van der Waals surface area contributed by atoms with E-state index in [1.54, 1.807) is 11.9 Å². The maximum absolute atomic E-state index is 11.2. The van der Waals surface area contributed by atoms with Crippen LogP contribution < -0.4 is 0 Å². The standard InChI is InChI=1S/C10H16N2O/c1-9(13)12(2)10(8-11)6-4-3-5-7-10/h3-7H2,1-2H3. The molecule has 0 aromatic rings. The van der Waals surface area contributed by atoms with Crippen LogP contribution in [0.25, 0.3) is 0 Å². The highest BCUT2D eigenvalue weighted by Crippen LogP contribution is 2.32.